The first-order chi connectivity index (χ1) is 9.35. The minimum Gasteiger partial charge on any atom is -0.390 e. The SMILES string of the molecule is C=CCC[C@H](O)[C@H]1OC[C@@H](C(=C)C)[C@@H]2OC(C)(C)O[C@@H]21. The molecular weight excluding hydrogens is 256 g/mol. The molecule has 0 spiro atoms. The molecule has 0 aromatic rings. The van der Waals surface area contributed by atoms with Crippen LogP contribution in [0, 0.1) is 5.92 Å². The van der Waals surface area contributed by atoms with E-state index in [9.17, 15) is 5.11 Å². The van der Waals surface area contributed by atoms with Gasteiger partial charge in [-0.25, -0.2) is 0 Å². The Bertz CT molecular complexity index is 377. The molecule has 0 aromatic heterocycles. The van der Waals surface area contributed by atoms with E-state index in [2.05, 4.69) is 13.2 Å². The molecule has 4 nitrogen and oxygen atoms in total. The summed E-state index contributed by atoms with van der Waals surface area (Å²) in [4.78, 5) is 0. The highest BCUT2D eigenvalue weighted by Crippen LogP contribution is 2.41. The second kappa shape index (κ2) is 5.98. The molecule has 0 amide bonds. The van der Waals surface area contributed by atoms with Gasteiger partial charge in [-0.2, -0.15) is 0 Å². The van der Waals surface area contributed by atoms with Crippen molar-refractivity contribution < 1.29 is 19.3 Å². The van der Waals surface area contributed by atoms with Gasteiger partial charge in [0.25, 0.3) is 0 Å². The molecule has 5 atom stereocenters. The molecule has 2 aliphatic heterocycles. The second-order valence-electron chi connectivity index (χ2n) is 6.25. The number of aliphatic hydroxyl groups is 1. The number of aliphatic hydroxyl groups excluding tert-OH is 1. The van der Waals surface area contributed by atoms with Gasteiger partial charge in [-0.05, 0) is 33.6 Å². The molecule has 0 saturated carbocycles. The summed E-state index contributed by atoms with van der Waals surface area (Å²) < 4.78 is 17.9. The summed E-state index contributed by atoms with van der Waals surface area (Å²) in [7, 11) is 0. The summed E-state index contributed by atoms with van der Waals surface area (Å²) in [5, 5.41) is 10.3. The molecule has 2 fully saturated rings. The third-order valence-corrected chi connectivity index (χ3v) is 4.03. The molecule has 0 aromatic carbocycles. The summed E-state index contributed by atoms with van der Waals surface area (Å²) >= 11 is 0. The highest BCUT2D eigenvalue weighted by atomic mass is 16.8. The van der Waals surface area contributed by atoms with Gasteiger partial charge in [0.15, 0.2) is 5.79 Å². The van der Waals surface area contributed by atoms with Gasteiger partial charge in [-0.15, -0.1) is 6.58 Å². The van der Waals surface area contributed by atoms with Crippen LogP contribution in [0.5, 0.6) is 0 Å². The third-order valence-electron chi connectivity index (χ3n) is 4.03. The maximum atomic E-state index is 10.3. The number of fused-ring (bicyclic) bond motifs is 1. The van der Waals surface area contributed by atoms with Crippen LogP contribution < -0.4 is 0 Å². The highest BCUT2D eigenvalue weighted by Gasteiger charge is 2.53. The molecule has 114 valence electrons. The molecule has 2 rings (SSSR count). The van der Waals surface area contributed by atoms with Crippen LogP contribution in [0.25, 0.3) is 0 Å². The minimum atomic E-state index is -0.646. The molecule has 1 N–H and O–H groups in total. The Morgan fingerprint density at radius 3 is 2.65 bits per heavy atom. The maximum absolute atomic E-state index is 10.3. The topological polar surface area (TPSA) is 47.9 Å². The first-order valence-corrected chi connectivity index (χ1v) is 7.27. The van der Waals surface area contributed by atoms with Crippen LogP contribution in [-0.2, 0) is 14.2 Å². The van der Waals surface area contributed by atoms with E-state index < -0.39 is 11.9 Å². The average molecular weight is 282 g/mol. The lowest BCUT2D eigenvalue weighted by molar-refractivity contribution is -0.169. The lowest BCUT2D eigenvalue weighted by Gasteiger charge is -2.39. The number of hydrogen-bond donors (Lipinski definition) is 1. The molecule has 4 heteroatoms. The largest absolute Gasteiger partial charge is 0.390 e. The smallest absolute Gasteiger partial charge is 0.163 e. The average Bonchev–Trinajstić information content (AvgIpc) is 2.68. The fourth-order valence-corrected chi connectivity index (χ4v) is 2.99. The molecule has 2 aliphatic rings. The summed E-state index contributed by atoms with van der Waals surface area (Å²) in [5.74, 6) is -0.530. The van der Waals surface area contributed by atoms with Gasteiger partial charge in [0.05, 0.1) is 18.8 Å². The Balaban J connectivity index is 2.14. The van der Waals surface area contributed by atoms with Crippen LogP contribution >= 0.6 is 0 Å². The van der Waals surface area contributed by atoms with Crippen LogP contribution in [0.15, 0.2) is 24.8 Å². The summed E-state index contributed by atoms with van der Waals surface area (Å²) in [6.45, 7) is 14.0. The quantitative estimate of drug-likeness (QED) is 0.787. The van der Waals surface area contributed by atoms with Crippen molar-refractivity contribution in [3.63, 3.8) is 0 Å². The van der Waals surface area contributed by atoms with Crippen LogP contribution in [0.4, 0.5) is 0 Å². The van der Waals surface area contributed by atoms with E-state index in [0.717, 1.165) is 12.0 Å². The first-order valence-electron chi connectivity index (χ1n) is 7.27. The minimum absolute atomic E-state index is 0.0976. The van der Waals surface area contributed by atoms with Crippen molar-refractivity contribution in [3.8, 4) is 0 Å². The Labute approximate surface area is 121 Å². The van der Waals surface area contributed by atoms with Gasteiger partial charge >= 0.3 is 0 Å². The van der Waals surface area contributed by atoms with Crippen LogP contribution in [0.1, 0.15) is 33.6 Å². The fraction of sp³-hybridized carbons (Fsp3) is 0.750. The van der Waals surface area contributed by atoms with Crippen molar-refractivity contribution in [2.24, 2.45) is 5.92 Å². The zero-order valence-electron chi connectivity index (χ0n) is 12.7. The van der Waals surface area contributed by atoms with Crippen molar-refractivity contribution in [1.29, 1.82) is 0 Å². The monoisotopic (exact) mass is 282 g/mol. The van der Waals surface area contributed by atoms with Crippen molar-refractivity contribution >= 4 is 0 Å². The number of hydrogen-bond acceptors (Lipinski definition) is 4. The number of ether oxygens (including phenoxy) is 3. The summed E-state index contributed by atoms with van der Waals surface area (Å²) in [5.41, 5.74) is 1.03. The zero-order chi connectivity index (χ0) is 14.9. The molecule has 0 radical (unpaired) electrons. The fourth-order valence-electron chi connectivity index (χ4n) is 2.99. The summed E-state index contributed by atoms with van der Waals surface area (Å²) in [6.07, 6.45) is 1.92. The predicted octanol–water partition coefficient (Wildman–Crippen LogP) is 2.42. The van der Waals surface area contributed by atoms with E-state index in [4.69, 9.17) is 14.2 Å². The van der Waals surface area contributed by atoms with Crippen LogP contribution in [-0.4, -0.2) is 41.9 Å². The molecule has 20 heavy (non-hydrogen) atoms. The standard InChI is InChI=1S/C16H26O4/c1-6-7-8-12(17)14-15-13(19-16(4,5)20-15)11(9-18-14)10(2)3/h6,11-15,17H,1-2,7-9H2,3-5H3/t11-,12-,13-,14+,15-/m0/s1. The Hall–Kier alpha value is -0.680. The normalized spacial score (nSPS) is 37.2. The van der Waals surface area contributed by atoms with Gasteiger partial charge in [-0.1, -0.05) is 18.2 Å². The Morgan fingerprint density at radius 1 is 1.40 bits per heavy atom. The van der Waals surface area contributed by atoms with E-state index in [0.29, 0.717) is 13.0 Å². The van der Waals surface area contributed by atoms with Gasteiger partial charge < -0.3 is 19.3 Å². The molecule has 2 heterocycles. The van der Waals surface area contributed by atoms with E-state index in [1.807, 2.05) is 20.8 Å². The molecular formula is C16H26O4. The van der Waals surface area contributed by atoms with Gasteiger partial charge in [0.1, 0.15) is 12.2 Å². The lowest BCUT2D eigenvalue weighted by atomic mass is 9.85. The Kier molecular flexibility index (Phi) is 4.69. The van der Waals surface area contributed by atoms with Gasteiger partial charge in [-0.3, -0.25) is 0 Å². The van der Waals surface area contributed by atoms with Crippen LogP contribution in [0.2, 0.25) is 0 Å². The predicted molar refractivity (Wildman–Crippen MR) is 77.3 cm³/mol. The maximum Gasteiger partial charge on any atom is 0.163 e. The highest BCUT2D eigenvalue weighted by molar-refractivity contribution is 5.08. The molecule has 0 unspecified atom stereocenters. The Morgan fingerprint density at radius 2 is 2.05 bits per heavy atom. The van der Waals surface area contributed by atoms with Crippen molar-refractivity contribution in [1.82, 2.24) is 0 Å². The summed E-state index contributed by atoms with van der Waals surface area (Å²) in [6, 6.07) is 0. The van der Waals surface area contributed by atoms with E-state index >= 15 is 0 Å². The van der Waals surface area contributed by atoms with Crippen LogP contribution in [0.3, 0.4) is 0 Å². The van der Waals surface area contributed by atoms with E-state index in [1.54, 1.807) is 6.08 Å². The van der Waals surface area contributed by atoms with Gasteiger partial charge in [0.2, 0.25) is 0 Å². The number of allylic oxidation sites excluding steroid dienone is 1. The molecule has 0 bridgehead atoms. The van der Waals surface area contributed by atoms with Crippen molar-refractivity contribution in [2.45, 2.75) is 63.8 Å². The molecule has 2 saturated heterocycles. The van der Waals surface area contributed by atoms with Crippen molar-refractivity contribution in [3.05, 3.63) is 24.8 Å². The lowest BCUT2D eigenvalue weighted by Crippen LogP contribution is -2.53. The first kappa shape index (κ1) is 15.7. The van der Waals surface area contributed by atoms with Gasteiger partial charge in [0, 0.05) is 5.92 Å². The second-order valence-corrected chi connectivity index (χ2v) is 6.25. The van der Waals surface area contributed by atoms with Crippen molar-refractivity contribution in [2.75, 3.05) is 6.61 Å². The van der Waals surface area contributed by atoms with E-state index in [-0.39, 0.29) is 24.2 Å². The van der Waals surface area contributed by atoms with E-state index in [1.165, 1.54) is 0 Å². The third kappa shape index (κ3) is 3.14. The number of rotatable bonds is 5. The zero-order valence-corrected chi connectivity index (χ0v) is 12.7. The molecule has 0 aliphatic carbocycles.